The van der Waals surface area contributed by atoms with Crippen molar-refractivity contribution >= 4 is 5.96 Å². The van der Waals surface area contributed by atoms with Crippen molar-refractivity contribution in [2.24, 2.45) is 4.99 Å². The zero-order valence-corrected chi connectivity index (χ0v) is 16.6. The van der Waals surface area contributed by atoms with Crippen LogP contribution in [0.1, 0.15) is 17.6 Å². The normalized spacial score (nSPS) is 21.2. The third-order valence-electron chi connectivity index (χ3n) is 5.09. The predicted octanol–water partition coefficient (Wildman–Crippen LogP) is 0.459. The van der Waals surface area contributed by atoms with Gasteiger partial charge in [0.25, 0.3) is 0 Å². The van der Waals surface area contributed by atoms with Gasteiger partial charge in [-0.1, -0.05) is 0 Å². The monoisotopic (exact) mass is 379 g/mol. The maximum absolute atomic E-state index is 5.92. The summed E-state index contributed by atoms with van der Waals surface area (Å²) < 4.78 is 16.8. The Morgan fingerprint density at radius 3 is 2.41 bits per heavy atom. The van der Waals surface area contributed by atoms with Crippen LogP contribution in [0.4, 0.5) is 0 Å². The molecule has 1 aromatic rings. The molecule has 3 rings (SSSR count). The molecule has 2 aliphatic rings. The summed E-state index contributed by atoms with van der Waals surface area (Å²) in [5, 5.41) is 6.88. The van der Waals surface area contributed by atoms with Gasteiger partial charge in [-0.2, -0.15) is 0 Å². The number of hydrogen-bond acceptors (Lipinski definition) is 6. The second-order valence-corrected chi connectivity index (χ2v) is 6.95. The molecule has 0 saturated carbocycles. The van der Waals surface area contributed by atoms with Crippen molar-refractivity contribution in [3.8, 4) is 0 Å². The molecule has 2 N–H and O–H groups in total. The number of ether oxygens (including phenoxy) is 2. The molecule has 2 fully saturated rings. The topological polar surface area (TPSA) is 74.5 Å². The van der Waals surface area contributed by atoms with E-state index in [0.29, 0.717) is 0 Å². The molecule has 0 aliphatic carbocycles. The van der Waals surface area contributed by atoms with E-state index in [1.165, 1.54) is 0 Å². The Labute approximate surface area is 161 Å². The average molecular weight is 380 g/mol. The zero-order valence-electron chi connectivity index (χ0n) is 16.6. The lowest BCUT2D eigenvalue weighted by molar-refractivity contribution is 0.0124. The molecule has 0 radical (unpaired) electrons. The van der Waals surface area contributed by atoms with Gasteiger partial charge in [-0.15, -0.1) is 0 Å². The number of aliphatic imine (C=N–C) groups is 1. The summed E-state index contributed by atoms with van der Waals surface area (Å²) in [7, 11) is 1.81. The second kappa shape index (κ2) is 10.7. The van der Waals surface area contributed by atoms with Crippen molar-refractivity contribution in [1.82, 2.24) is 20.4 Å². The van der Waals surface area contributed by atoms with Gasteiger partial charge in [0.2, 0.25) is 0 Å². The quantitative estimate of drug-likeness (QED) is 0.527. The van der Waals surface area contributed by atoms with Gasteiger partial charge in [-0.25, -0.2) is 0 Å². The first kappa shape index (κ1) is 20.1. The molecule has 0 aromatic carbocycles. The van der Waals surface area contributed by atoms with Crippen LogP contribution in [0.15, 0.2) is 21.5 Å². The fourth-order valence-corrected chi connectivity index (χ4v) is 3.50. The van der Waals surface area contributed by atoms with Crippen molar-refractivity contribution in [2.45, 2.75) is 13.0 Å². The lowest BCUT2D eigenvalue weighted by Crippen LogP contribution is -2.48. The Bertz CT molecular complexity index is 580. The minimum Gasteiger partial charge on any atom is -0.465 e. The Balaban J connectivity index is 1.49. The van der Waals surface area contributed by atoms with Crippen molar-refractivity contribution < 1.29 is 13.9 Å². The van der Waals surface area contributed by atoms with Gasteiger partial charge in [0, 0.05) is 52.9 Å². The highest BCUT2D eigenvalue weighted by molar-refractivity contribution is 5.79. The van der Waals surface area contributed by atoms with Crippen molar-refractivity contribution in [1.29, 1.82) is 0 Å². The van der Waals surface area contributed by atoms with Crippen LogP contribution in [-0.4, -0.2) is 95.0 Å². The van der Waals surface area contributed by atoms with Crippen molar-refractivity contribution in [3.05, 3.63) is 23.7 Å². The lowest BCUT2D eigenvalue weighted by atomic mass is 10.1. The Morgan fingerprint density at radius 1 is 1.07 bits per heavy atom. The molecule has 3 heterocycles. The summed E-state index contributed by atoms with van der Waals surface area (Å²) in [4.78, 5) is 9.19. The first-order valence-electron chi connectivity index (χ1n) is 9.89. The van der Waals surface area contributed by atoms with Crippen LogP contribution in [-0.2, 0) is 9.47 Å². The van der Waals surface area contributed by atoms with Crippen molar-refractivity contribution in [2.75, 3.05) is 79.3 Å². The number of nitrogens with one attached hydrogen (secondary N) is 2. The molecule has 0 amide bonds. The van der Waals surface area contributed by atoms with E-state index in [-0.39, 0.29) is 6.04 Å². The minimum absolute atomic E-state index is 0.167. The van der Waals surface area contributed by atoms with Gasteiger partial charge in [0.1, 0.15) is 11.5 Å². The van der Waals surface area contributed by atoms with Crippen molar-refractivity contribution in [3.63, 3.8) is 0 Å². The van der Waals surface area contributed by atoms with E-state index in [2.05, 4.69) is 31.5 Å². The molecule has 1 unspecified atom stereocenters. The molecule has 8 nitrogen and oxygen atoms in total. The van der Waals surface area contributed by atoms with Gasteiger partial charge in [0.15, 0.2) is 5.96 Å². The smallest absolute Gasteiger partial charge is 0.191 e. The summed E-state index contributed by atoms with van der Waals surface area (Å²) in [5.41, 5.74) is 0. The van der Waals surface area contributed by atoms with E-state index in [1.54, 1.807) is 0 Å². The summed E-state index contributed by atoms with van der Waals surface area (Å²) in [6.45, 7) is 11.6. The van der Waals surface area contributed by atoms with E-state index >= 15 is 0 Å². The summed E-state index contributed by atoms with van der Waals surface area (Å²) in [6, 6.07) is 4.27. The maximum Gasteiger partial charge on any atom is 0.191 e. The van der Waals surface area contributed by atoms with Crippen LogP contribution >= 0.6 is 0 Å². The molecule has 2 saturated heterocycles. The second-order valence-electron chi connectivity index (χ2n) is 6.95. The molecule has 2 aliphatic heterocycles. The number of guanidine groups is 1. The lowest BCUT2D eigenvalue weighted by Gasteiger charge is -2.33. The van der Waals surface area contributed by atoms with Gasteiger partial charge >= 0.3 is 0 Å². The molecule has 1 atom stereocenters. The summed E-state index contributed by atoms with van der Waals surface area (Å²) in [5.74, 6) is 2.76. The Hall–Kier alpha value is -1.61. The van der Waals surface area contributed by atoms with Gasteiger partial charge in [-0.05, 0) is 19.1 Å². The molecule has 8 heteroatoms. The Morgan fingerprint density at radius 2 is 1.78 bits per heavy atom. The fraction of sp³-hybridized carbons (Fsp3) is 0.737. The third kappa shape index (κ3) is 6.21. The average Bonchev–Trinajstić information content (AvgIpc) is 3.14. The number of furan rings is 1. The number of morpholine rings is 2. The molecular weight excluding hydrogens is 346 g/mol. The highest BCUT2D eigenvalue weighted by Crippen LogP contribution is 2.23. The molecule has 0 bridgehead atoms. The first-order chi connectivity index (χ1) is 13.3. The van der Waals surface area contributed by atoms with Gasteiger partial charge in [-0.3, -0.25) is 14.8 Å². The number of rotatable bonds is 7. The SMILES string of the molecule is CN=C(NCCN1CCOCC1)NCC(c1ccc(C)o1)N1CCOCC1. The summed E-state index contributed by atoms with van der Waals surface area (Å²) in [6.07, 6.45) is 0. The van der Waals surface area contributed by atoms with Crippen LogP contribution in [0.2, 0.25) is 0 Å². The third-order valence-corrected chi connectivity index (χ3v) is 5.09. The largest absolute Gasteiger partial charge is 0.465 e. The zero-order chi connectivity index (χ0) is 18.9. The number of hydrogen-bond donors (Lipinski definition) is 2. The highest BCUT2D eigenvalue weighted by Gasteiger charge is 2.25. The number of aryl methyl sites for hydroxylation is 1. The molecule has 152 valence electrons. The van der Waals surface area contributed by atoms with Crippen LogP contribution in [0, 0.1) is 6.92 Å². The van der Waals surface area contributed by atoms with Crippen LogP contribution < -0.4 is 10.6 Å². The van der Waals surface area contributed by atoms with E-state index in [9.17, 15) is 0 Å². The van der Waals surface area contributed by atoms with E-state index < -0.39 is 0 Å². The van der Waals surface area contributed by atoms with E-state index in [4.69, 9.17) is 13.9 Å². The van der Waals surface area contributed by atoms with Crippen LogP contribution in [0.5, 0.6) is 0 Å². The van der Waals surface area contributed by atoms with E-state index in [1.807, 2.05) is 20.0 Å². The predicted molar refractivity (Wildman–Crippen MR) is 105 cm³/mol. The highest BCUT2D eigenvalue weighted by atomic mass is 16.5. The molecule has 27 heavy (non-hydrogen) atoms. The van der Waals surface area contributed by atoms with Gasteiger partial charge < -0.3 is 24.5 Å². The van der Waals surface area contributed by atoms with E-state index in [0.717, 1.165) is 89.7 Å². The standard InChI is InChI=1S/C19H33N5O3/c1-16-3-4-18(27-16)17(24-9-13-26-14-10-24)15-22-19(20-2)21-5-6-23-7-11-25-12-8-23/h3-4,17H,5-15H2,1-2H3,(H2,20,21,22). The molecule has 0 spiro atoms. The summed E-state index contributed by atoms with van der Waals surface area (Å²) >= 11 is 0. The number of nitrogens with zero attached hydrogens (tertiary/aromatic N) is 3. The van der Waals surface area contributed by atoms with Crippen LogP contribution in [0.25, 0.3) is 0 Å². The van der Waals surface area contributed by atoms with Crippen LogP contribution in [0.3, 0.4) is 0 Å². The first-order valence-corrected chi connectivity index (χ1v) is 9.89. The molecular formula is C19H33N5O3. The van der Waals surface area contributed by atoms with Gasteiger partial charge in [0.05, 0.1) is 32.5 Å². The molecule has 1 aromatic heterocycles. The minimum atomic E-state index is 0.167. The fourth-order valence-electron chi connectivity index (χ4n) is 3.50. The maximum atomic E-state index is 5.92. The Kier molecular flexibility index (Phi) is 7.94.